The lowest BCUT2D eigenvalue weighted by Gasteiger charge is -2.14. The van der Waals surface area contributed by atoms with Crippen LogP contribution in [0.1, 0.15) is 59.8 Å². The predicted octanol–water partition coefficient (Wildman–Crippen LogP) is 3.59. The maximum atomic E-state index is 11.6. The molecule has 0 amide bonds. The molecule has 0 aromatic carbocycles. The summed E-state index contributed by atoms with van der Waals surface area (Å²) in [6.45, 7) is 8.57. The second-order valence-electron chi connectivity index (χ2n) is 4.52. The van der Waals surface area contributed by atoms with E-state index in [2.05, 4.69) is 13.8 Å². The minimum atomic E-state index is 0.157. The van der Waals surface area contributed by atoms with Crippen LogP contribution in [0.25, 0.3) is 0 Å². The highest BCUT2D eigenvalue weighted by Gasteiger charge is 2.12. The molecule has 0 aromatic rings. The number of rotatable bonds is 9. The van der Waals surface area contributed by atoms with Crippen LogP contribution in [0.2, 0.25) is 0 Å². The number of hydrogen-bond acceptors (Lipinski definition) is 2. The third-order valence-corrected chi connectivity index (χ3v) is 2.64. The lowest BCUT2D eigenvalue weighted by atomic mass is 9.94. The summed E-state index contributed by atoms with van der Waals surface area (Å²) in [6, 6.07) is 0. The summed E-state index contributed by atoms with van der Waals surface area (Å²) < 4.78 is 5.30. The number of ether oxygens (including phenoxy) is 1. The maximum absolute atomic E-state index is 11.6. The van der Waals surface area contributed by atoms with Crippen molar-refractivity contribution >= 4 is 5.78 Å². The maximum Gasteiger partial charge on any atom is 0.158 e. The van der Waals surface area contributed by atoms with E-state index >= 15 is 0 Å². The third-order valence-electron chi connectivity index (χ3n) is 2.64. The number of carbonyl (C=O) groups is 1. The van der Waals surface area contributed by atoms with Gasteiger partial charge in [-0.15, -0.1) is 0 Å². The lowest BCUT2D eigenvalue weighted by molar-refractivity contribution is -0.126. The molecule has 0 spiro atoms. The van der Waals surface area contributed by atoms with Crippen LogP contribution >= 0.6 is 0 Å². The summed E-state index contributed by atoms with van der Waals surface area (Å²) in [5.41, 5.74) is 0. The minimum Gasteiger partial charge on any atom is -0.371 e. The van der Waals surface area contributed by atoms with Crippen molar-refractivity contribution in [3.05, 3.63) is 0 Å². The molecule has 1 atom stereocenters. The smallest absolute Gasteiger partial charge is 0.158 e. The Kier molecular flexibility index (Phi) is 8.68. The molecular formula is C13H26O2. The van der Waals surface area contributed by atoms with Crippen molar-refractivity contribution in [2.75, 3.05) is 6.61 Å². The third kappa shape index (κ3) is 8.61. The van der Waals surface area contributed by atoms with E-state index in [-0.39, 0.29) is 11.9 Å². The van der Waals surface area contributed by atoms with Crippen LogP contribution in [0, 0.1) is 5.92 Å². The van der Waals surface area contributed by atoms with E-state index in [1.165, 1.54) is 19.3 Å². The normalized spacial score (nSPS) is 13.1. The molecule has 0 N–H and O–H groups in total. The number of ketones is 1. The molecular weight excluding hydrogens is 188 g/mol. The number of carbonyl (C=O) groups excluding carboxylic acids is 1. The molecule has 0 saturated heterocycles. The average Bonchev–Trinajstić information content (AvgIpc) is 2.21. The van der Waals surface area contributed by atoms with E-state index < -0.39 is 0 Å². The van der Waals surface area contributed by atoms with Crippen molar-refractivity contribution in [1.82, 2.24) is 0 Å². The van der Waals surface area contributed by atoms with E-state index in [0.717, 1.165) is 6.42 Å². The van der Waals surface area contributed by atoms with Gasteiger partial charge in [-0.1, -0.05) is 39.5 Å². The Hall–Kier alpha value is -0.370. The van der Waals surface area contributed by atoms with Gasteiger partial charge in [-0.05, 0) is 19.8 Å². The van der Waals surface area contributed by atoms with Gasteiger partial charge in [0, 0.05) is 6.42 Å². The number of Topliss-reactive ketones (excluding diaryl/α,β-unsaturated/α-hetero) is 1. The molecule has 1 unspecified atom stereocenters. The van der Waals surface area contributed by atoms with Crippen molar-refractivity contribution in [2.24, 2.45) is 5.92 Å². The van der Waals surface area contributed by atoms with Crippen molar-refractivity contribution in [3.8, 4) is 0 Å². The van der Waals surface area contributed by atoms with E-state index in [1.807, 2.05) is 13.8 Å². The largest absolute Gasteiger partial charge is 0.371 e. The van der Waals surface area contributed by atoms with Gasteiger partial charge in [-0.3, -0.25) is 4.79 Å². The Morgan fingerprint density at radius 1 is 1.27 bits per heavy atom. The first-order valence-corrected chi connectivity index (χ1v) is 6.23. The van der Waals surface area contributed by atoms with E-state index in [9.17, 15) is 4.79 Å². The average molecular weight is 214 g/mol. The Bertz CT molecular complexity index is 164. The van der Waals surface area contributed by atoms with E-state index in [4.69, 9.17) is 4.74 Å². The van der Waals surface area contributed by atoms with Gasteiger partial charge in [-0.25, -0.2) is 0 Å². The molecule has 0 radical (unpaired) electrons. The molecule has 15 heavy (non-hydrogen) atoms. The van der Waals surface area contributed by atoms with E-state index in [1.54, 1.807) is 0 Å². The Morgan fingerprint density at radius 2 is 1.93 bits per heavy atom. The second-order valence-corrected chi connectivity index (χ2v) is 4.52. The van der Waals surface area contributed by atoms with Crippen LogP contribution in [0.3, 0.4) is 0 Å². The fourth-order valence-corrected chi connectivity index (χ4v) is 1.58. The van der Waals surface area contributed by atoms with Crippen LogP contribution in [0.4, 0.5) is 0 Å². The highest BCUT2D eigenvalue weighted by molar-refractivity contribution is 5.79. The first kappa shape index (κ1) is 14.6. The molecule has 0 aliphatic rings. The molecule has 0 heterocycles. The Morgan fingerprint density at radius 3 is 2.40 bits per heavy atom. The van der Waals surface area contributed by atoms with Gasteiger partial charge < -0.3 is 4.74 Å². The van der Waals surface area contributed by atoms with Crippen molar-refractivity contribution in [1.29, 1.82) is 0 Å². The molecule has 0 aliphatic heterocycles. The van der Waals surface area contributed by atoms with Crippen molar-refractivity contribution in [3.63, 3.8) is 0 Å². The molecule has 0 saturated carbocycles. The monoisotopic (exact) mass is 214 g/mol. The summed E-state index contributed by atoms with van der Waals surface area (Å²) >= 11 is 0. The van der Waals surface area contributed by atoms with Crippen LogP contribution in [0.5, 0.6) is 0 Å². The van der Waals surface area contributed by atoms with Gasteiger partial charge in [0.05, 0.1) is 6.10 Å². The summed E-state index contributed by atoms with van der Waals surface area (Å²) in [5, 5.41) is 0. The summed E-state index contributed by atoms with van der Waals surface area (Å²) in [7, 11) is 0. The van der Waals surface area contributed by atoms with Crippen molar-refractivity contribution in [2.45, 2.75) is 65.9 Å². The zero-order valence-electron chi connectivity index (χ0n) is 10.7. The summed E-state index contributed by atoms with van der Waals surface area (Å²) in [5.74, 6) is 0.819. The van der Waals surface area contributed by atoms with E-state index in [0.29, 0.717) is 18.9 Å². The molecule has 0 bridgehead atoms. The topological polar surface area (TPSA) is 26.3 Å². The highest BCUT2D eigenvalue weighted by Crippen LogP contribution is 2.16. The zero-order chi connectivity index (χ0) is 11.7. The molecule has 2 heteroatoms. The number of hydrogen-bond donors (Lipinski definition) is 0. The zero-order valence-corrected chi connectivity index (χ0v) is 10.7. The Labute approximate surface area is 94.4 Å². The molecule has 0 rings (SSSR count). The van der Waals surface area contributed by atoms with Gasteiger partial charge in [0.1, 0.15) is 6.61 Å². The molecule has 0 aromatic heterocycles. The standard InChI is InChI=1S/C13H26O2/c1-5-7-8-12(6-2)9-13(14)10-15-11(3)4/h11-12H,5-10H2,1-4H3. The van der Waals surface area contributed by atoms with Gasteiger partial charge in [0.25, 0.3) is 0 Å². The Balaban J connectivity index is 3.70. The van der Waals surface area contributed by atoms with Crippen LogP contribution in [0.15, 0.2) is 0 Å². The SMILES string of the molecule is CCCCC(CC)CC(=O)COC(C)C. The fraction of sp³-hybridized carbons (Fsp3) is 0.923. The number of unbranched alkanes of at least 4 members (excludes halogenated alkanes) is 1. The summed E-state index contributed by atoms with van der Waals surface area (Å²) in [4.78, 5) is 11.6. The molecule has 0 aliphatic carbocycles. The first-order valence-electron chi connectivity index (χ1n) is 6.23. The van der Waals surface area contributed by atoms with Gasteiger partial charge in [0.15, 0.2) is 5.78 Å². The predicted molar refractivity (Wildman–Crippen MR) is 64.0 cm³/mol. The van der Waals surface area contributed by atoms with Crippen LogP contribution in [-0.4, -0.2) is 18.5 Å². The van der Waals surface area contributed by atoms with Crippen LogP contribution in [-0.2, 0) is 9.53 Å². The lowest BCUT2D eigenvalue weighted by Crippen LogP contribution is -2.16. The molecule has 90 valence electrons. The molecule has 0 fully saturated rings. The van der Waals surface area contributed by atoms with Crippen molar-refractivity contribution < 1.29 is 9.53 Å². The minimum absolute atomic E-state index is 0.157. The fourth-order valence-electron chi connectivity index (χ4n) is 1.58. The quantitative estimate of drug-likeness (QED) is 0.586. The van der Waals surface area contributed by atoms with Crippen LogP contribution < -0.4 is 0 Å². The summed E-state index contributed by atoms with van der Waals surface area (Å²) in [6.07, 6.45) is 5.59. The highest BCUT2D eigenvalue weighted by atomic mass is 16.5. The van der Waals surface area contributed by atoms with Gasteiger partial charge in [-0.2, -0.15) is 0 Å². The van der Waals surface area contributed by atoms with Gasteiger partial charge in [0.2, 0.25) is 0 Å². The first-order chi connectivity index (χ1) is 7.10. The second kappa shape index (κ2) is 8.90. The van der Waals surface area contributed by atoms with Gasteiger partial charge >= 0.3 is 0 Å². The molecule has 2 nitrogen and oxygen atoms in total.